The molecule has 0 aromatic heterocycles. The number of hydrogen-bond acceptors (Lipinski definition) is 2. The fourth-order valence-corrected chi connectivity index (χ4v) is 1.75. The van der Waals surface area contributed by atoms with Crippen molar-refractivity contribution in [2.75, 3.05) is 6.61 Å². The molecular weight excluding hydrogens is 248 g/mol. The van der Waals surface area contributed by atoms with Gasteiger partial charge < -0.3 is 9.84 Å². The van der Waals surface area contributed by atoms with Crippen molar-refractivity contribution in [3.8, 4) is 5.75 Å². The molecule has 1 N–H and O–H groups in total. The Balaban J connectivity index is 1.91. The van der Waals surface area contributed by atoms with Gasteiger partial charge in [-0.2, -0.15) is 0 Å². The van der Waals surface area contributed by atoms with E-state index in [4.69, 9.17) is 21.4 Å². The molecule has 0 amide bonds. The highest BCUT2D eigenvalue weighted by Crippen LogP contribution is 2.15. The van der Waals surface area contributed by atoms with Crippen LogP contribution >= 0.6 is 11.6 Å². The first-order valence-corrected chi connectivity index (χ1v) is 6.23. The molecule has 0 aliphatic carbocycles. The SMILES string of the molecule is OCCc1ccc(OCc2ccc(Cl)cc2)cc1. The Kier molecular flexibility index (Phi) is 4.62. The maximum absolute atomic E-state index is 8.82. The van der Waals surface area contributed by atoms with Crippen LogP contribution in [0.4, 0.5) is 0 Å². The minimum absolute atomic E-state index is 0.172. The normalized spacial score (nSPS) is 10.3. The second-order valence-electron chi connectivity index (χ2n) is 4.03. The van der Waals surface area contributed by atoms with Crippen LogP contribution in [0.2, 0.25) is 5.02 Å². The summed E-state index contributed by atoms with van der Waals surface area (Å²) in [4.78, 5) is 0. The number of ether oxygens (including phenoxy) is 1. The summed E-state index contributed by atoms with van der Waals surface area (Å²) in [5.41, 5.74) is 2.19. The molecule has 0 unspecified atom stereocenters. The Bertz CT molecular complexity index is 477. The lowest BCUT2D eigenvalue weighted by Gasteiger charge is -2.07. The van der Waals surface area contributed by atoms with Gasteiger partial charge in [0.15, 0.2) is 0 Å². The van der Waals surface area contributed by atoms with Crippen LogP contribution in [0.1, 0.15) is 11.1 Å². The molecule has 0 heterocycles. The number of rotatable bonds is 5. The largest absolute Gasteiger partial charge is 0.489 e. The molecule has 0 radical (unpaired) electrons. The predicted octanol–water partition coefficient (Wildman–Crippen LogP) is 3.45. The molecule has 0 saturated carbocycles. The molecule has 0 aliphatic heterocycles. The van der Waals surface area contributed by atoms with E-state index in [0.717, 1.165) is 21.9 Å². The highest BCUT2D eigenvalue weighted by Gasteiger charge is 1.97. The molecule has 2 aromatic carbocycles. The third kappa shape index (κ3) is 3.76. The molecule has 0 spiro atoms. The van der Waals surface area contributed by atoms with Crippen LogP contribution in [0, 0.1) is 0 Å². The quantitative estimate of drug-likeness (QED) is 0.894. The van der Waals surface area contributed by atoms with Crippen LogP contribution in [0.15, 0.2) is 48.5 Å². The highest BCUT2D eigenvalue weighted by atomic mass is 35.5. The molecular formula is C15H15ClO2. The number of aliphatic hydroxyl groups excluding tert-OH is 1. The van der Waals surface area contributed by atoms with Gasteiger partial charge in [0.25, 0.3) is 0 Å². The zero-order valence-electron chi connectivity index (χ0n) is 9.97. The van der Waals surface area contributed by atoms with E-state index >= 15 is 0 Å². The Morgan fingerprint density at radius 1 is 0.889 bits per heavy atom. The molecule has 2 aromatic rings. The van der Waals surface area contributed by atoms with Gasteiger partial charge in [0.05, 0.1) is 0 Å². The Labute approximate surface area is 112 Å². The first-order chi connectivity index (χ1) is 8.78. The van der Waals surface area contributed by atoms with E-state index < -0.39 is 0 Å². The van der Waals surface area contributed by atoms with Crippen LogP contribution in [0.3, 0.4) is 0 Å². The van der Waals surface area contributed by atoms with Crippen LogP contribution in [-0.4, -0.2) is 11.7 Å². The van der Waals surface area contributed by atoms with Gasteiger partial charge in [0, 0.05) is 11.6 Å². The van der Waals surface area contributed by atoms with Gasteiger partial charge in [-0.3, -0.25) is 0 Å². The van der Waals surface area contributed by atoms with Gasteiger partial charge in [-0.15, -0.1) is 0 Å². The van der Waals surface area contributed by atoms with Crippen molar-refractivity contribution in [1.29, 1.82) is 0 Å². The predicted molar refractivity (Wildman–Crippen MR) is 73.0 cm³/mol. The summed E-state index contributed by atoms with van der Waals surface area (Å²) in [6.45, 7) is 0.696. The monoisotopic (exact) mass is 262 g/mol. The maximum Gasteiger partial charge on any atom is 0.119 e. The molecule has 0 saturated heterocycles. The lowest BCUT2D eigenvalue weighted by Crippen LogP contribution is -1.96. The fourth-order valence-electron chi connectivity index (χ4n) is 1.63. The fraction of sp³-hybridized carbons (Fsp3) is 0.200. The van der Waals surface area contributed by atoms with Gasteiger partial charge in [-0.25, -0.2) is 0 Å². The maximum atomic E-state index is 8.82. The number of halogens is 1. The van der Waals surface area contributed by atoms with Crippen molar-refractivity contribution >= 4 is 11.6 Å². The third-order valence-corrected chi connectivity index (χ3v) is 2.89. The lowest BCUT2D eigenvalue weighted by molar-refractivity contribution is 0.298. The van der Waals surface area contributed by atoms with Crippen molar-refractivity contribution in [3.05, 3.63) is 64.7 Å². The van der Waals surface area contributed by atoms with E-state index in [1.54, 1.807) is 0 Å². The van der Waals surface area contributed by atoms with Crippen molar-refractivity contribution in [2.24, 2.45) is 0 Å². The second-order valence-corrected chi connectivity index (χ2v) is 4.47. The van der Waals surface area contributed by atoms with Crippen LogP contribution in [0.5, 0.6) is 5.75 Å². The summed E-state index contributed by atoms with van der Waals surface area (Å²) in [6.07, 6.45) is 0.678. The molecule has 0 bridgehead atoms. The molecule has 0 aliphatic rings. The van der Waals surface area contributed by atoms with Crippen molar-refractivity contribution < 1.29 is 9.84 Å². The Morgan fingerprint density at radius 2 is 1.50 bits per heavy atom. The van der Waals surface area contributed by atoms with Gasteiger partial charge in [-0.05, 0) is 41.8 Å². The van der Waals surface area contributed by atoms with E-state index in [9.17, 15) is 0 Å². The summed E-state index contributed by atoms with van der Waals surface area (Å²) >= 11 is 5.81. The second kappa shape index (κ2) is 6.43. The number of benzene rings is 2. The van der Waals surface area contributed by atoms with Crippen LogP contribution < -0.4 is 4.74 Å². The molecule has 0 atom stereocenters. The van der Waals surface area contributed by atoms with Gasteiger partial charge in [-0.1, -0.05) is 35.9 Å². The minimum atomic E-state index is 0.172. The van der Waals surface area contributed by atoms with E-state index in [1.807, 2.05) is 48.5 Å². The third-order valence-electron chi connectivity index (χ3n) is 2.64. The summed E-state index contributed by atoms with van der Waals surface area (Å²) in [7, 11) is 0. The molecule has 3 heteroatoms. The van der Waals surface area contributed by atoms with E-state index in [2.05, 4.69) is 0 Å². The zero-order valence-corrected chi connectivity index (χ0v) is 10.7. The average molecular weight is 263 g/mol. The summed E-state index contributed by atoms with van der Waals surface area (Å²) in [5, 5.41) is 9.55. The summed E-state index contributed by atoms with van der Waals surface area (Å²) < 4.78 is 5.66. The molecule has 2 nitrogen and oxygen atoms in total. The van der Waals surface area contributed by atoms with Crippen molar-refractivity contribution in [2.45, 2.75) is 13.0 Å². The number of hydrogen-bond donors (Lipinski definition) is 1. The minimum Gasteiger partial charge on any atom is -0.489 e. The summed E-state index contributed by atoms with van der Waals surface area (Å²) in [6, 6.07) is 15.4. The zero-order chi connectivity index (χ0) is 12.8. The topological polar surface area (TPSA) is 29.5 Å². The highest BCUT2D eigenvalue weighted by molar-refractivity contribution is 6.30. The van der Waals surface area contributed by atoms with Gasteiger partial charge in [0.2, 0.25) is 0 Å². The first-order valence-electron chi connectivity index (χ1n) is 5.85. The standard InChI is InChI=1S/C15H15ClO2/c16-14-5-1-13(2-6-14)11-18-15-7-3-12(4-8-15)9-10-17/h1-8,17H,9-11H2. The van der Waals surface area contributed by atoms with E-state index in [0.29, 0.717) is 13.0 Å². The molecule has 18 heavy (non-hydrogen) atoms. The molecule has 0 fully saturated rings. The average Bonchev–Trinajstić information content (AvgIpc) is 2.40. The Hall–Kier alpha value is -1.51. The number of aliphatic hydroxyl groups is 1. The van der Waals surface area contributed by atoms with Gasteiger partial charge >= 0.3 is 0 Å². The van der Waals surface area contributed by atoms with Crippen LogP contribution in [0.25, 0.3) is 0 Å². The molecule has 2 rings (SSSR count). The Morgan fingerprint density at radius 3 is 2.11 bits per heavy atom. The van der Waals surface area contributed by atoms with E-state index in [-0.39, 0.29) is 6.61 Å². The smallest absolute Gasteiger partial charge is 0.119 e. The van der Waals surface area contributed by atoms with Gasteiger partial charge in [0.1, 0.15) is 12.4 Å². The molecule has 94 valence electrons. The van der Waals surface area contributed by atoms with Crippen molar-refractivity contribution in [3.63, 3.8) is 0 Å². The summed E-state index contributed by atoms with van der Waals surface area (Å²) in [5.74, 6) is 0.826. The van der Waals surface area contributed by atoms with Crippen LogP contribution in [-0.2, 0) is 13.0 Å². The first kappa shape index (κ1) is 12.9. The van der Waals surface area contributed by atoms with E-state index in [1.165, 1.54) is 0 Å². The van der Waals surface area contributed by atoms with Crippen molar-refractivity contribution in [1.82, 2.24) is 0 Å². The lowest BCUT2D eigenvalue weighted by atomic mass is 10.1.